The van der Waals surface area contributed by atoms with E-state index in [1.807, 2.05) is 10.7 Å². The summed E-state index contributed by atoms with van der Waals surface area (Å²) in [6.45, 7) is 1.71. The Hall–Kier alpha value is -1.47. The van der Waals surface area contributed by atoms with Crippen LogP contribution in [0.25, 0.3) is 0 Å². The van der Waals surface area contributed by atoms with Crippen molar-refractivity contribution in [2.45, 2.75) is 18.9 Å². The summed E-state index contributed by atoms with van der Waals surface area (Å²) in [7, 11) is 0. The number of nitrogens with one attached hydrogen (secondary N) is 2. The smallest absolute Gasteiger partial charge is 0.338 e. The zero-order chi connectivity index (χ0) is 10.8. The number of hydrogen-bond acceptors (Lipinski definition) is 6. The van der Waals surface area contributed by atoms with E-state index in [1.165, 1.54) is 0 Å². The van der Waals surface area contributed by atoms with Gasteiger partial charge in [0, 0.05) is 0 Å². The minimum absolute atomic E-state index is 0.115. The fourth-order valence-corrected chi connectivity index (χ4v) is 1.19. The van der Waals surface area contributed by atoms with Crippen LogP contribution in [0, 0.1) is 0 Å². The summed E-state index contributed by atoms with van der Waals surface area (Å²) in [4.78, 5) is 33.6. The molecule has 0 aliphatic carbocycles. The number of carbonyl (C=O) groups is 3. The minimum Gasteiger partial charge on any atom is -0.464 e. The number of hydrazine groups is 1. The van der Waals surface area contributed by atoms with Crippen LogP contribution in [0.4, 0.5) is 0 Å². The molecule has 1 aliphatic heterocycles. The van der Waals surface area contributed by atoms with Gasteiger partial charge in [0.15, 0.2) is 0 Å². The van der Waals surface area contributed by atoms with Crippen molar-refractivity contribution in [2.24, 2.45) is 5.84 Å². The molecule has 1 saturated heterocycles. The molecule has 0 radical (unpaired) electrons. The lowest BCUT2D eigenvalue weighted by molar-refractivity contribution is -0.154. The van der Waals surface area contributed by atoms with Crippen LogP contribution in [0.2, 0.25) is 0 Å². The maximum Gasteiger partial charge on any atom is 0.338 e. The molecule has 0 spiro atoms. The van der Waals surface area contributed by atoms with Crippen molar-refractivity contribution in [3.63, 3.8) is 0 Å². The van der Waals surface area contributed by atoms with Gasteiger partial charge in [0.25, 0.3) is 5.91 Å². The number of amides is 2. The molecule has 1 rings (SSSR count). The molecular weight excluding hydrogens is 190 g/mol. The lowest BCUT2D eigenvalue weighted by atomic mass is 9.99. The average Bonchev–Trinajstić information content (AvgIpc) is 2.42. The monoisotopic (exact) mass is 201 g/mol. The van der Waals surface area contributed by atoms with Crippen LogP contribution < -0.4 is 16.6 Å². The molecule has 2 amide bonds. The van der Waals surface area contributed by atoms with E-state index in [0.717, 1.165) is 0 Å². The molecule has 1 heterocycles. The van der Waals surface area contributed by atoms with Crippen molar-refractivity contribution < 1.29 is 19.1 Å². The Morgan fingerprint density at radius 2 is 2.36 bits per heavy atom. The van der Waals surface area contributed by atoms with E-state index in [-0.39, 0.29) is 13.0 Å². The number of imide groups is 1. The lowest BCUT2D eigenvalue weighted by Crippen LogP contribution is -2.60. The zero-order valence-corrected chi connectivity index (χ0v) is 7.62. The highest BCUT2D eigenvalue weighted by molar-refractivity contribution is 6.19. The third kappa shape index (κ3) is 1.47. The van der Waals surface area contributed by atoms with E-state index in [0.29, 0.717) is 0 Å². The Morgan fingerprint density at radius 1 is 1.71 bits per heavy atom. The summed E-state index contributed by atoms with van der Waals surface area (Å²) in [5.41, 5.74) is 0.278. The summed E-state index contributed by atoms with van der Waals surface area (Å²) in [6, 6.07) is 0. The first-order valence-corrected chi connectivity index (χ1v) is 4.06. The fraction of sp³-hybridized carbons (Fsp3) is 0.571. The predicted octanol–water partition coefficient (Wildman–Crippen LogP) is -2.20. The molecule has 1 atom stereocenters. The van der Waals surface area contributed by atoms with Gasteiger partial charge in [-0.05, 0) is 6.92 Å². The summed E-state index contributed by atoms with van der Waals surface area (Å²) in [5.74, 6) is 2.92. The van der Waals surface area contributed by atoms with E-state index in [9.17, 15) is 14.4 Å². The SMILES string of the molecule is CCOC(=O)[C@@]1(NN)CC(=O)NC1=O. The van der Waals surface area contributed by atoms with Crippen molar-refractivity contribution in [3.05, 3.63) is 0 Å². The summed E-state index contributed by atoms with van der Waals surface area (Å²) < 4.78 is 4.64. The molecule has 0 saturated carbocycles. The Morgan fingerprint density at radius 3 is 2.71 bits per heavy atom. The summed E-state index contributed by atoms with van der Waals surface area (Å²) in [6.07, 6.45) is -0.332. The summed E-state index contributed by atoms with van der Waals surface area (Å²) in [5, 5.41) is 1.98. The lowest BCUT2D eigenvalue weighted by Gasteiger charge is -2.21. The van der Waals surface area contributed by atoms with Gasteiger partial charge in [-0.1, -0.05) is 0 Å². The highest BCUT2D eigenvalue weighted by Crippen LogP contribution is 2.17. The van der Waals surface area contributed by atoms with Gasteiger partial charge >= 0.3 is 5.97 Å². The van der Waals surface area contributed by atoms with Crippen molar-refractivity contribution in [3.8, 4) is 0 Å². The van der Waals surface area contributed by atoms with Gasteiger partial charge < -0.3 is 4.74 Å². The molecular formula is C7H11N3O4. The normalized spacial score (nSPS) is 26.1. The number of rotatable bonds is 3. The fourth-order valence-electron chi connectivity index (χ4n) is 1.19. The molecule has 7 heteroatoms. The number of nitrogens with two attached hydrogens (primary N) is 1. The molecule has 0 aromatic heterocycles. The maximum atomic E-state index is 11.4. The van der Waals surface area contributed by atoms with Gasteiger partial charge in [-0.25, -0.2) is 10.2 Å². The maximum absolute atomic E-state index is 11.4. The first kappa shape index (κ1) is 10.6. The van der Waals surface area contributed by atoms with Gasteiger partial charge in [0.05, 0.1) is 13.0 Å². The van der Waals surface area contributed by atoms with Gasteiger partial charge in [-0.15, -0.1) is 0 Å². The number of carbonyl (C=O) groups excluding carboxylic acids is 3. The number of hydrogen-bond donors (Lipinski definition) is 3. The number of esters is 1. The second kappa shape index (κ2) is 3.72. The van der Waals surface area contributed by atoms with Crippen LogP contribution >= 0.6 is 0 Å². The zero-order valence-electron chi connectivity index (χ0n) is 7.62. The summed E-state index contributed by atoms with van der Waals surface area (Å²) >= 11 is 0. The van der Waals surface area contributed by atoms with Gasteiger partial charge in [-0.2, -0.15) is 0 Å². The Kier molecular flexibility index (Phi) is 2.82. The van der Waals surface area contributed by atoms with E-state index < -0.39 is 23.3 Å². The molecule has 78 valence electrons. The number of ether oxygens (including phenoxy) is 1. The van der Waals surface area contributed by atoms with Crippen LogP contribution in [0.5, 0.6) is 0 Å². The second-order valence-corrected chi connectivity index (χ2v) is 2.82. The Bertz CT molecular complexity index is 291. The van der Waals surface area contributed by atoms with E-state index in [2.05, 4.69) is 4.74 Å². The predicted molar refractivity (Wildman–Crippen MR) is 44.5 cm³/mol. The van der Waals surface area contributed by atoms with Crippen molar-refractivity contribution in [2.75, 3.05) is 6.61 Å². The van der Waals surface area contributed by atoms with Crippen LogP contribution in [0.1, 0.15) is 13.3 Å². The molecule has 1 aliphatic rings. The average molecular weight is 201 g/mol. The van der Waals surface area contributed by atoms with E-state index in [1.54, 1.807) is 6.92 Å². The topological polar surface area (TPSA) is 111 Å². The van der Waals surface area contributed by atoms with Crippen LogP contribution in [-0.2, 0) is 19.1 Å². The van der Waals surface area contributed by atoms with Crippen LogP contribution in [0.3, 0.4) is 0 Å². The third-order valence-electron chi connectivity index (χ3n) is 1.94. The third-order valence-corrected chi connectivity index (χ3v) is 1.94. The second-order valence-electron chi connectivity index (χ2n) is 2.82. The first-order chi connectivity index (χ1) is 6.56. The van der Waals surface area contributed by atoms with Gasteiger partial charge in [-0.3, -0.25) is 20.7 Å². The van der Waals surface area contributed by atoms with E-state index in [4.69, 9.17) is 5.84 Å². The minimum atomic E-state index is -1.76. The standard InChI is InChI=1S/C7H11N3O4/c1-2-14-6(13)7(10-8)3-4(11)9-5(7)12/h10H,2-3,8H2,1H3,(H,9,11,12)/t7-/m1/s1. The Balaban J connectivity index is 2.91. The van der Waals surface area contributed by atoms with Crippen molar-refractivity contribution in [1.82, 2.24) is 10.7 Å². The Labute approximate surface area is 79.9 Å². The first-order valence-electron chi connectivity index (χ1n) is 4.06. The molecule has 0 aromatic carbocycles. The van der Waals surface area contributed by atoms with E-state index >= 15 is 0 Å². The largest absolute Gasteiger partial charge is 0.464 e. The van der Waals surface area contributed by atoms with Crippen molar-refractivity contribution in [1.29, 1.82) is 0 Å². The highest BCUT2D eigenvalue weighted by Gasteiger charge is 2.53. The molecule has 14 heavy (non-hydrogen) atoms. The van der Waals surface area contributed by atoms with Crippen LogP contribution in [-0.4, -0.2) is 29.9 Å². The van der Waals surface area contributed by atoms with Gasteiger partial charge in [0.2, 0.25) is 11.4 Å². The van der Waals surface area contributed by atoms with Crippen LogP contribution in [0.15, 0.2) is 0 Å². The molecule has 7 nitrogen and oxygen atoms in total. The molecule has 0 aromatic rings. The van der Waals surface area contributed by atoms with Crippen molar-refractivity contribution >= 4 is 17.8 Å². The highest BCUT2D eigenvalue weighted by atomic mass is 16.5. The molecule has 4 N–H and O–H groups in total. The molecule has 0 bridgehead atoms. The quantitative estimate of drug-likeness (QED) is 0.157. The molecule has 1 fully saturated rings. The molecule has 0 unspecified atom stereocenters. The van der Waals surface area contributed by atoms with Gasteiger partial charge in [0.1, 0.15) is 0 Å².